The van der Waals surface area contributed by atoms with E-state index >= 15 is 0 Å². The SMILES string of the molecule is CCOc1ccccc1N(CC(=O)N(Cc1ccccc1C)[C@@H](C)C(=O)NC)S(=O)(=O)c1ccc(C)cc1. The number of para-hydroxylation sites is 2. The van der Waals surface area contributed by atoms with E-state index in [-0.39, 0.29) is 23.0 Å². The molecule has 0 aliphatic heterocycles. The topological polar surface area (TPSA) is 96.0 Å². The van der Waals surface area contributed by atoms with Crippen molar-refractivity contribution in [2.75, 3.05) is 24.5 Å². The second kappa shape index (κ2) is 12.6. The van der Waals surface area contributed by atoms with E-state index in [4.69, 9.17) is 4.74 Å². The van der Waals surface area contributed by atoms with Crippen molar-refractivity contribution < 1.29 is 22.7 Å². The van der Waals surface area contributed by atoms with E-state index in [1.165, 1.54) is 24.1 Å². The third-order valence-corrected chi connectivity index (χ3v) is 8.11. The number of sulfonamides is 1. The van der Waals surface area contributed by atoms with Crippen LogP contribution < -0.4 is 14.4 Å². The van der Waals surface area contributed by atoms with Crippen LogP contribution in [0.5, 0.6) is 5.75 Å². The Morgan fingerprint density at radius 3 is 2.21 bits per heavy atom. The van der Waals surface area contributed by atoms with E-state index in [0.717, 1.165) is 21.0 Å². The van der Waals surface area contributed by atoms with Crippen LogP contribution in [0.1, 0.15) is 30.5 Å². The van der Waals surface area contributed by atoms with E-state index in [2.05, 4.69) is 5.32 Å². The smallest absolute Gasteiger partial charge is 0.264 e. The summed E-state index contributed by atoms with van der Waals surface area (Å²) in [7, 11) is -2.67. The van der Waals surface area contributed by atoms with Gasteiger partial charge in [-0.25, -0.2) is 8.42 Å². The number of nitrogens with one attached hydrogen (secondary N) is 1. The Bertz CT molecular complexity index is 1370. The average Bonchev–Trinajstić information content (AvgIpc) is 2.91. The number of carbonyl (C=O) groups is 2. The number of nitrogens with zero attached hydrogens (tertiary/aromatic N) is 2. The van der Waals surface area contributed by atoms with Gasteiger partial charge in [0.15, 0.2) is 0 Å². The predicted octanol–water partition coefficient (Wildman–Crippen LogP) is 4.06. The third kappa shape index (κ3) is 6.52. The van der Waals surface area contributed by atoms with Crippen molar-refractivity contribution in [1.29, 1.82) is 0 Å². The molecule has 0 aromatic heterocycles. The van der Waals surface area contributed by atoms with E-state index < -0.39 is 28.5 Å². The van der Waals surface area contributed by atoms with Crippen LogP contribution in [-0.2, 0) is 26.2 Å². The minimum Gasteiger partial charge on any atom is -0.492 e. The average molecular weight is 538 g/mol. The summed E-state index contributed by atoms with van der Waals surface area (Å²) in [6.45, 7) is 7.16. The van der Waals surface area contributed by atoms with Gasteiger partial charge in [-0.05, 0) is 63.1 Å². The number of likely N-dealkylation sites (N-methyl/N-ethyl adjacent to an activating group) is 1. The van der Waals surface area contributed by atoms with Crippen LogP contribution in [0.4, 0.5) is 5.69 Å². The number of anilines is 1. The molecule has 3 aromatic carbocycles. The molecule has 0 radical (unpaired) electrons. The molecule has 0 aliphatic rings. The molecule has 0 bridgehead atoms. The molecule has 0 saturated carbocycles. The number of benzene rings is 3. The number of rotatable bonds is 11. The van der Waals surface area contributed by atoms with Gasteiger partial charge in [0.25, 0.3) is 10.0 Å². The van der Waals surface area contributed by atoms with Crippen LogP contribution in [0, 0.1) is 13.8 Å². The van der Waals surface area contributed by atoms with Gasteiger partial charge in [0.1, 0.15) is 18.3 Å². The summed E-state index contributed by atoms with van der Waals surface area (Å²) < 4.78 is 34.7. The molecule has 0 spiro atoms. The van der Waals surface area contributed by atoms with E-state index in [1.807, 2.05) is 38.1 Å². The monoisotopic (exact) mass is 537 g/mol. The normalized spacial score (nSPS) is 11.9. The first-order valence-electron chi connectivity index (χ1n) is 12.5. The molecule has 0 fully saturated rings. The van der Waals surface area contributed by atoms with Crippen molar-refractivity contribution in [2.45, 2.75) is 45.2 Å². The molecule has 0 heterocycles. The van der Waals surface area contributed by atoms with Crippen molar-refractivity contribution in [3.05, 3.63) is 89.5 Å². The van der Waals surface area contributed by atoms with Gasteiger partial charge in [0, 0.05) is 13.6 Å². The molecule has 38 heavy (non-hydrogen) atoms. The van der Waals surface area contributed by atoms with Gasteiger partial charge in [-0.2, -0.15) is 0 Å². The second-order valence-corrected chi connectivity index (χ2v) is 10.8. The predicted molar refractivity (Wildman–Crippen MR) is 149 cm³/mol. The van der Waals surface area contributed by atoms with Gasteiger partial charge in [-0.1, -0.05) is 54.1 Å². The molecule has 202 valence electrons. The lowest BCUT2D eigenvalue weighted by Gasteiger charge is -2.32. The summed E-state index contributed by atoms with van der Waals surface area (Å²) in [4.78, 5) is 28.0. The highest BCUT2D eigenvalue weighted by molar-refractivity contribution is 7.92. The molecule has 1 N–H and O–H groups in total. The number of amides is 2. The van der Waals surface area contributed by atoms with Gasteiger partial charge in [0.2, 0.25) is 11.8 Å². The van der Waals surface area contributed by atoms with Crippen molar-refractivity contribution in [3.63, 3.8) is 0 Å². The number of carbonyl (C=O) groups excluding carboxylic acids is 2. The maximum Gasteiger partial charge on any atom is 0.264 e. The van der Waals surface area contributed by atoms with Crippen LogP contribution in [0.2, 0.25) is 0 Å². The van der Waals surface area contributed by atoms with Crippen LogP contribution in [0.25, 0.3) is 0 Å². The largest absolute Gasteiger partial charge is 0.492 e. The first-order valence-corrected chi connectivity index (χ1v) is 13.9. The molecule has 0 saturated heterocycles. The van der Waals surface area contributed by atoms with Crippen molar-refractivity contribution in [3.8, 4) is 5.75 Å². The number of aryl methyl sites for hydroxylation is 2. The fourth-order valence-corrected chi connectivity index (χ4v) is 5.48. The van der Waals surface area contributed by atoms with Gasteiger partial charge >= 0.3 is 0 Å². The Morgan fingerprint density at radius 2 is 1.58 bits per heavy atom. The fourth-order valence-electron chi connectivity index (χ4n) is 4.05. The Balaban J connectivity index is 2.10. The standard InChI is InChI=1S/C29H35N3O5S/c1-6-37-27-14-10-9-13-26(27)32(38(35,36)25-17-15-21(2)16-18-25)20-28(33)31(23(4)29(34)30-5)19-24-12-8-7-11-22(24)3/h7-18,23H,6,19-20H2,1-5H3,(H,30,34)/t23-/m0/s1. The second-order valence-electron chi connectivity index (χ2n) is 8.96. The number of hydrogen-bond acceptors (Lipinski definition) is 5. The van der Waals surface area contributed by atoms with Gasteiger partial charge in [-0.15, -0.1) is 0 Å². The summed E-state index contributed by atoms with van der Waals surface area (Å²) >= 11 is 0. The molecule has 3 aromatic rings. The summed E-state index contributed by atoms with van der Waals surface area (Å²) in [6.07, 6.45) is 0. The third-order valence-electron chi connectivity index (χ3n) is 6.34. The zero-order valence-electron chi connectivity index (χ0n) is 22.5. The van der Waals surface area contributed by atoms with Crippen molar-refractivity contribution in [1.82, 2.24) is 10.2 Å². The van der Waals surface area contributed by atoms with Gasteiger partial charge in [0.05, 0.1) is 17.2 Å². The summed E-state index contributed by atoms with van der Waals surface area (Å²) in [5, 5.41) is 2.59. The van der Waals surface area contributed by atoms with E-state index in [0.29, 0.717) is 12.4 Å². The van der Waals surface area contributed by atoms with Crippen molar-refractivity contribution >= 4 is 27.5 Å². The molecule has 1 atom stereocenters. The maximum atomic E-state index is 14.0. The highest BCUT2D eigenvalue weighted by atomic mass is 32.2. The molecule has 3 rings (SSSR count). The lowest BCUT2D eigenvalue weighted by molar-refractivity contribution is -0.139. The molecule has 0 unspecified atom stereocenters. The Kier molecular flexibility index (Phi) is 9.52. The summed E-state index contributed by atoms with van der Waals surface area (Å²) in [5.74, 6) is -0.538. The lowest BCUT2D eigenvalue weighted by atomic mass is 10.1. The lowest BCUT2D eigenvalue weighted by Crippen LogP contribution is -2.50. The quantitative estimate of drug-likeness (QED) is 0.398. The van der Waals surface area contributed by atoms with Crippen LogP contribution in [0.15, 0.2) is 77.7 Å². The minimum absolute atomic E-state index is 0.0482. The van der Waals surface area contributed by atoms with E-state index in [9.17, 15) is 18.0 Å². The maximum absolute atomic E-state index is 14.0. The Hall–Kier alpha value is -3.85. The molecule has 8 nitrogen and oxygen atoms in total. The molecule has 2 amide bonds. The highest BCUT2D eigenvalue weighted by Gasteiger charge is 2.33. The zero-order chi connectivity index (χ0) is 27.9. The molecular weight excluding hydrogens is 502 g/mol. The Morgan fingerprint density at radius 1 is 0.947 bits per heavy atom. The van der Waals surface area contributed by atoms with Crippen LogP contribution >= 0.6 is 0 Å². The summed E-state index contributed by atoms with van der Waals surface area (Å²) in [5.41, 5.74) is 2.97. The van der Waals surface area contributed by atoms with Crippen LogP contribution in [-0.4, -0.2) is 51.4 Å². The minimum atomic E-state index is -4.17. The first kappa shape index (κ1) is 28.7. The number of hydrogen-bond donors (Lipinski definition) is 1. The fraction of sp³-hybridized carbons (Fsp3) is 0.310. The first-order chi connectivity index (χ1) is 18.1. The van der Waals surface area contributed by atoms with Gasteiger partial charge < -0.3 is 15.0 Å². The van der Waals surface area contributed by atoms with Gasteiger partial charge in [-0.3, -0.25) is 13.9 Å². The van der Waals surface area contributed by atoms with E-state index in [1.54, 1.807) is 50.2 Å². The molecular formula is C29H35N3O5S. The highest BCUT2D eigenvalue weighted by Crippen LogP contribution is 2.33. The van der Waals surface area contributed by atoms with Crippen molar-refractivity contribution in [2.24, 2.45) is 0 Å². The zero-order valence-corrected chi connectivity index (χ0v) is 23.3. The van der Waals surface area contributed by atoms with Crippen LogP contribution in [0.3, 0.4) is 0 Å². The molecule has 9 heteroatoms. The number of ether oxygens (including phenoxy) is 1. The Labute approximate surface area is 225 Å². The molecule has 0 aliphatic carbocycles. The summed E-state index contributed by atoms with van der Waals surface area (Å²) in [6, 6.07) is 19.9.